The van der Waals surface area contributed by atoms with Crippen LogP contribution in [-0.4, -0.2) is 5.78 Å². The lowest BCUT2D eigenvalue weighted by atomic mass is 10.1. The Morgan fingerprint density at radius 2 is 1.67 bits per heavy atom. The highest BCUT2D eigenvalue weighted by molar-refractivity contribution is 6.05. The Balaban J connectivity index is 2.15. The molecule has 0 bridgehead atoms. The second kappa shape index (κ2) is 6.40. The SMILES string of the molecule is C/C(=C\C(=O)c1ccc(C)cc1)Nc1cccc(C)c1C. The summed E-state index contributed by atoms with van der Waals surface area (Å²) in [6, 6.07) is 13.7. The van der Waals surface area contributed by atoms with E-state index in [-0.39, 0.29) is 5.78 Å². The number of benzene rings is 2. The molecule has 0 radical (unpaired) electrons. The molecule has 2 aromatic carbocycles. The molecule has 0 saturated carbocycles. The molecule has 0 atom stereocenters. The first-order valence-electron chi connectivity index (χ1n) is 7.10. The van der Waals surface area contributed by atoms with Gasteiger partial charge in [0.25, 0.3) is 0 Å². The average Bonchev–Trinajstić information content (AvgIpc) is 2.44. The normalized spacial score (nSPS) is 11.3. The molecule has 0 heterocycles. The number of hydrogen-bond acceptors (Lipinski definition) is 2. The van der Waals surface area contributed by atoms with E-state index in [1.54, 1.807) is 6.08 Å². The molecule has 2 heteroatoms. The van der Waals surface area contributed by atoms with Crippen molar-refractivity contribution in [1.82, 2.24) is 0 Å². The lowest BCUT2D eigenvalue weighted by molar-refractivity contribution is 0.104. The molecule has 0 saturated heterocycles. The summed E-state index contributed by atoms with van der Waals surface area (Å²) in [5.41, 5.74) is 6.18. The van der Waals surface area contributed by atoms with Crippen molar-refractivity contribution in [1.29, 1.82) is 0 Å². The van der Waals surface area contributed by atoms with E-state index in [1.807, 2.05) is 50.2 Å². The zero-order valence-electron chi connectivity index (χ0n) is 13.0. The van der Waals surface area contributed by atoms with Crippen LogP contribution in [0.25, 0.3) is 0 Å². The Kier molecular flexibility index (Phi) is 4.59. The molecular formula is C19H21NO. The van der Waals surface area contributed by atoms with E-state index in [0.29, 0.717) is 5.56 Å². The van der Waals surface area contributed by atoms with Gasteiger partial charge in [0.1, 0.15) is 0 Å². The van der Waals surface area contributed by atoms with Gasteiger partial charge in [0, 0.05) is 23.0 Å². The molecule has 108 valence electrons. The van der Waals surface area contributed by atoms with Crippen molar-refractivity contribution in [2.45, 2.75) is 27.7 Å². The molecule has 1 N–H and O–H groups in total. The maximum atomic E-state index is 12.2. The van der Waals surface area contributed by atoms with Crippen molar-refractivity contribution in [2.24, 2.45) is 0 Å². The topological polar surface area (TPSA) is 29.1 Å². The summed E-state index contributed by atoms with van der Waals surface area (Å²) < 4.78 is 0. The van der Waals surface area contributed by atoms with Crippen molar-refractivity contribution in [2.75, 3.05) is 5.32 Å². The van der Waals surface area contributed by atoms with Crippen LogP contribution in [0.3, 0.4) is 0 Å². The van der Waals surface area contributed by atoms with E-state index < -0.39 is 0 Å². The van der Waals surface area contributed by atoms with E-state index >= 15 is 0 Å². The van der Waals surface area contributed by atoms with Crippen molar-refractivity contribution in [3.63, 3.8) is 0 Å². The molecule has 0 amide bonds. The summed E-state index contributed by atoms with van der Waals surface area (Å²) in [6.07, 6.45) is 1.65. The first-order chi connectivity index (χ1) is 9.97. The fraction of sp³-hybridized carbons (Fsp3) is 0.211. The van der Waals surface area contributed by atoms with E-state index in [0.717, 1.165) is 16.9 Å². The molecule has 0 aromatic heterocycles. The maximum absolute atomic E-state index is 12.2. The lowest BCUT2D eigenvalue weighted by Gasteiger charge is -2.11. The summed E-state index contributed by atoms with van der Waals surface area (Å²) in [6.45, 7) is 8.08. The molecule has 0 aliphatic rings. The number of anilines is 1. The number of allylic oxidation sites excluding steroid dienone is 2. The summed E-state index contributed by atoms with van der Waals surface area (Å²) in [5.74, 6) is 0.0188. The standard InChI is InChI=1S/C19H21NO/c1-13-8-10-17(11-9-13)19(21)12-15(3)20-18-7-5-6-14(2)16(18)4/h5-12,20H,1-4H3/b15-12+. The van der Waals surface area contributed by atoms with Gasteiger partial charge in [-0.25, -0.2) is 0 Å². The summed E-state index contributed by atoms with van der Waals surface area (Å²) >= 11 is 0. The third kappa shape index (κ3) is 3.82. The zero-order valence-corrected chi connectivity index (χ0v) is 13.0. The zero-order chi connectivity index (χ0) is 15.4. The third-order valence-electron chi connectivity index (χ3n) is 3.62. The van der Waals surface area contributed by atoms with Gasteiger partial charge in [-0.3, -0.25) is 4.79 Å². The van der Waals surface area contributed by atoms with Gasteiger partial charge >= 0.3 is 0 Å². The van der Waals surface area contributed by atoms with E-state index in [9.17, 15) is 4.79 Å². The fourth-order valence-electron chi connectivity index (χ4n) is 2.13. The van der Waals surface area contributed by atoms with Gasteiger partial charge in [-0.15, -0.1) is 0 Å². The molecule has 0 aliphatic carbocycles. The number of rotatable bonds is 4. The van der Waals surface area contributed by atoms with Crippen LogP contribution < -0.4 is 5.32 Å². The molecule has 0 aliphatic heterocycles. The van der Waals surface area contributed by atoms with Crippen molar-refractivity contribution in [3.8, 4) is 0 Å². The van der Waals surface area contributed by atoms with Crippen LogP contribution in [0.5, 0.6) is 0 Å². The Morgan fingerprint density at radius 3 is 2.33 bits per heavy atom. The predicted octanol–water partition coefficient (Wildman–Crippen LogP) is 4.81. The first-order valence-corrected chi connectivity index (χ1v) is 7.10. The van der Waals surface area contributed by atoms with Gasteiger partial charge in [-0.2, -0.15) is 0 Å². The Bertz CT molecular complexity index is 681. The minimum atomic E-state index is 0.0188. The Hall–Kier alpha value is -2.35. The highest BCUT2D eigenvalue weighted by Crippen LogP contribution is 2.19. The Labute approximate surface area is 126 Å². The quantitative estimate of drug-likeness (QED) is 0.642. The number of hydrogen-bond donors (Lipinski definition) is 1. The first kappa shape index (κ1) is 15.0. The lowest BCUT2D eigenvalue weighted by Crippen LogP contribution is -2.03. The number of ketones is 1. The predicted molar refractivity (Wildman–Crippen MR) is 88.8 cm³/mol. The van der Waals surface area contributed by atoms with E-state index in [4.69, 9.17) is 0 Å². The minimum absolute atomic E-state index is 0.0188. The van der Waals surface area contributed by atoms with Gasteiger partial charge < -0.3 is 5.32 Å². The summed E-state index contributed by atoms with van der Waals surface area (Å²) in [4.78, 5) is 12.2. The second-order valence-electron chi connectivity index (χ2n) is 5.43. The monoisotopic (exact) mass is 279 g/mol. The van der Waals surface area contributed by atoms with Crippen molar-refractivity contribution >= 4 is 11.5 Å². The molecule has 2 aromatic rings. The summed E-state index contributed by atoms with van der Waals surface area (Å²) in [7, 11) is 0. The third-order valence-corrected chi connectivity index (χ3v) is 3.62. The summed E-state index contributed by atoms with van der Waals surface area (Å²) in [5, 5.41) is 3.30. The van der Waals surface area contributed by atoms with Gasteiger partial charge in [0.2, 0.25) is 0 Å². The van der Waals surface area contributed by atoms with Gasteiger partial charge in [-0.1, -0.05) is 42.0 Å². The smallest absolute Gasteiger partial charge is 0.187 e. The molecule has 21 heavy (non-hydrogen) atoms. The van der Waals surface area contributed by atoms with Gasteiger partial charge in [0.15, 0.2) is 5.78 Å². The van der Waals surface area contributed by atoms with Crippen LogP contribution >= 0.6 is 0 Å². The highest BCUT2D eigenvalue weighted by atomic mass is 16.1. The molecule has 0 unspecified atom stereocenters. The van der Waals surface area contributed by atoms with Crippen molar-refractivity contribution < 1.29 is 4.79 Å². The molecule has 0 spiro atoms. The van der Waals surface area contributed by atoms with Crippen LogP contribution in [0.15, 0.2) is 54.2 Å². The number of carbonyl (C=O) groups is 1. The molecule has 2 nitrogen and oxygen atoms in total. The second-order valence-corrected chi connectivity index (χ2v) is 5.43. The van der Waals surface area contributed by atoms with Crippen LogP contribution in [0.2, 0.25) is 0 Å². The average molecular weight is 279 g/mol. The molecule has 0 fully saturated rings. The molecular weight excluding hydrogens is 258 g/mol. The van der Waals surface area contributed by atoms with Crippen LogP contribution in [0.4, 0.5) is 5.69 Å². The van der Waals surface area contributed by atoms with E-state index in [1.165, 1.54) is 11.1 Å². The number of nitrogens with one attached hydrogen (secondary N) is 1. The van der Waals surface area contributed by atoms with Crippen LogP contribution in [0.1, 0.15) is 34.0 Å². The molecule has 2 rings (SSSR count). The fourth-order valence-corrected chi connectivity index (χ4v) is 2.13. The largest absolute Gasteiger partial charge is 0.359 e. The number of aryl methyl sites for hydroxylation is 2. The van der Waals surface area contributed by atoms with Gasteiger partial charge in [0.05, 0.1) is 0 Å². The van der Waals surface area contributed by atoms with Crippen molar-refractivity contribution in [3.05, 3.63) is 76.5 Å². The minimum Gasteiger partial charge on any atom is -0.359 e. The van der Waals surface area contributed by atoms with Crippen LogP contribution in [-0.2, 0) is 0 Å². The number of carbonyl (C=O) groups excluding carboxylic acids is 1. The highest BCUT2D eigenvalue weighted by Gasteiger charge is 2.04. The van der Waals surface area contributed by atoms with E-state index in [2.05, 4.69) is 25.2 Å². The van der Waals surface area contributed by atoms with Gasteiger partial charge in [-0.05, 0) is 44.9 Å². The Morgan fingerprint density at radius 1 is 1.00 bits per heavy atom. The van der Waals surface area contributed by atoms with Crippen LogP contribution in [0, 0.1) is 20.8 Å². The maximum Gasteiger partial charge on any atom is 0.187 e.